The van der Waals surface area contributed by atoms with Gasteiger partial charge in [-0.05, 0) is 75.9 Å². The summed E-state index contributed by atoms with van der Waals surface area (Å²) in [4.78, 5) is 28.4. The lowest BCUT2D eigenvalue weighted by molar-refractivity contribution is 0.0965. The highest BCUT2D eigenvalue weighted by atomic mass is 16.5. The van der Waals surface area contributed by atoms with Crippen molar-refractivity contribution in [2.24, 2.45) is 0 Å². The lowest BCUT2D eigenvalue weighted by Crippen LogP contribution is -2.37. The Morgan fingerprint density at radius 3 is 2.53 bits per heavy atom. The number of aromatic nitrogens is 1. The van der Waals surface area contributed by atoms with E-state index in [-0.39, 0.29) is 17.2 Å². The molecule has 0 radical (unpaired) electrons. The van der Waals surface area contributed by atoms with Crippen molar-refractivity contribution >= 4 is 17.4 Å². The zero-order valence-corrected chi connectivity index (χ0v) is 19.9. The monoisotopic (exact) mass is 459 g/mol. The molecule has 6 heteroatoms. The van der Waals surface area contributed by atoms with Crippen LogP contribution in [0.3, 0.4) is 0 Å². The van der Waals surface area contributed by atoms with E-state index in [9.17, 15) is 9.59 Å². The van der Waals surface area contributed by atoms with Crippen LogP contribution in [0.1, 0.15) is 71.5 Å². The number of aryl methyl sites for hydroxylation is 1. The largest absolute Gasteiger partial charge is 0.494 e. The molecule has 0 fully saturated rings. The Kier molecular flexibility index (Phi) is 7.48. The summed E-state index contributed by atoms with van der Waals surface area (Å²) in [7, 11) is 0. The number of fused-ring (bicyclic) bond motifs is 1. The van der Waals surface area contributed by atoms with Crippen LogP contribution in [0.2, 0.25) is 0 Å². The van der Waals surface area contributed by atoms with E-state index in [0.717, 1.165) is 43.7 Å². The Morgan fingerprint density at radius 1 is 1.03 bits per heavy atom. The van der Waals surface area contributed by atoms with E-state index < -0.39 is 0 Å². The van der Waals surface area contributed by atoms with Crippen molar-refractivity contribution in [2.45, 2.75) is 51.5 Å². The molecule has 3 N–H and O–H groups in total. The van der Waals surface area contributed by atoms with Crippen molar-refractivity contribution in [2.75, 3.05) is 18.5 Å². The molecular formula is C28H33N3O3. The maximum Gasteiger partial charge on any atom is 0.257 e. The van der Waals surface area contributed by atoms with E-state index in [1.54, 1.807) is 6.20 Å². The maximum atomic E-state index is 12.8. The predicted octanol–water partition coefficient (Wildman–Crippen LogP) is 5.47. The number of benzene rings is 2. The van der Waals surface area contributed by atoms with Crippen molar-refractivity contribution in [1.29, 1.82) is 0 Å². The molecule has 34 heavy (non-hydrogen) atoms. The van der Waals surface area contributed by atoms with E-state index in [1.807, 2.05) is 30.3 Å². The highest BCUT2D eigenvalue weighted by Crippen LogP contribution is 2.25. The van der Waals surface area contributed by atoms with Crippen LogP contribution in [0, 0.1) is 0 Å². The fraction of sp³-hybridized carbons (Fsp3) is 0.357. The van der Waals surface area contributed by atoms with Crippen LogP contribution in [0.15, 0.2) is 60.8 Å². The van der Waals surface area contributed by atoms with E-state index in [2.05, 4.69) is 53.7 Å². The van der Waals surface area contributed by atoms with Gasteiger partial charge in [-0.25, -0.2) is 0 Å². The summed E-state index contributed by atoms with van der Waals surface area (Å²) in [6.45, 7) is 5.80. The van der Waals surface area contributed by atoms with Gasteiger partial charge >= 0.3 is 0 Å². The van der Waals surface area contributed by atoms with Crippen LogP contribution in [0.25, 0.3) is 0 Å². The van der Waals surface area contributed by atoms with Gasteiger partial charge in [0.15, 0.2) is 5.78 Å². The van der Waals surface area contributed by atoms with Crippen molar-refractivity contribution in [3.8, 4) is 5.75 Å². The van der Waals surface area contributed by atoms with Crippen LogP contribution >= 0.6 is 0 Å². The average molecular weight is 460 g/mol. The first-order valence-corrected chi connectivity index (χ1v) is 12.0. The highest BCUT2D eigenvalue weighted by Gasteiger charge is 2.24. The molecule has 0 spiro atoms. The third-order valence-electron chi connectivity index (χ3n) is 6.33. The Labute approximate surface area is 201 Å². The molecule has 0 saturated carbocycles. The number of carbonyl (C=O) groups excluding carboxylic acids is 2. The highest BCUT2D eigenvalue weighted by molar-refractivity contribution is 6.13. The smallest absolute Gasteiger partial charge is 0.257 e. The quantitative estimate of drug-likeness (QED) is 0.293. The normalized spacial score (nSPS) is 13.8. The Bertz CT molecular complexity index is 1120. The van der Waals surface area contributed by atoms with Gasteiger partial charge in [-0.2, -0.15) is 0 Å². The first kappa shape index (κ1) is 23.8. The maximum absolute atomic E-state index is 12.8. The first-order chi connectivity index (χ1) is 16.4. The summed E-state index contributed by atoms with van der Waals surface area (Å²) in [5, 5.41) is 6.47. The summed E-state index contributed by atoms with van der Waals surface area (Å²) >= 11 is 0. The second kappa shape index (κ2) is 10.7. The molecule has 3 aromatic rings. The second-order valence-electron chi connectivity index (χ2n) is 9.28. The first-order valence-electron chi connectivity index (χ1n) is 12.0. The Hall–Kier alpha value is -3.38. The molecule has 0 saturated heterocycles. The van der Waals surface area contributed by atoms with Crippen molar-refractivity contribution in [3.63, 3.8) is 0 Å². The molecule has 0 unspecified atom stereocenters. The SMILES string of the molecule is CC(C)(NCCCOc1ccc(NC(=O)c2c[nH]c3c2C(=O)CCCC3)cc1)c1ccccc1. The van der Waals surface area contributed by atoms with Gasteiger partial charge in [-0.15, -0.1) is 0 Å². The molecule has 0 atom stereocenters. The molecule has 2 aromatic carbocycles. The Balaban J connectivity index is 1.24. The standard InChI is InChI=1S/C28H33N3O3/c1-28(2,20-9-4-3-5-10-20)30-17-8-18-34-22-15-13-21(14-16-22)31-27(33)23-19-29-24-11-6-7-12-25(32)26(23)24/h3-5,9-10,13-16,19,29-30H,6-8,11-12,17-18H2,1-2H3,(H,31,33). The predicted molar refractivity (Wildman–Crippen MR) is 135 cm³/mol. The van der Waals surface area contributed by atoms with Crippen LogP contribution in [0.4, 0.5) is 5.69 Å². The molecular weight excluding hydrogens is 426 g/mol. The number of rotatable bonds is 9. The number of nitrogens with one attached hydrogen (secondary N) is 3. The van der Waals surface area contributed by atoms with Crippen LogP contribution in [-0.4, -0.2) is 29.8 Å². The summed E-state index contributed by atoms with van der Waals surface area (Å²) < 4.78 is 5.86. The summed E-state index contributed by atoms with van der Waals surface area (Å²) in [6.07, 6.45) is 5.65. The number of aromatic amines is 1. The van der Waals surface area contributed by atoms with Gasteiger partial charge in [-0.1, -0.05) is 30.3 Å². The van der Waals surface area contributed by atoms with E-state index in [0.29, 0.717) is 29.8 Å². The fourth-order valence-corrected chi connectivity index (χ4v) is 4.33. The molecule has 1 aromatic heterocycles. The summed E-state index contributed by atoms with van der Waals surface area (Å²) in [6, 6.07) is 17.7. The number of H-pyrrole nitrogens is 1. The van der Waals surface area contributed by atoms with Gasteiger partial charge in [0, 0.05) is 29.5 Å². The topological polar surface area (TPSA) is 83.2 Å². The molecule has 1 aliphatic carbocycles. The van der Waals surface area contributed by atoms with Gasteiger partial charge < -0.3 is 20.4 Å². The van der Waals surface area contributed by atoms with Crippen molar-refractivity contribution in [1.82, 2.24) is 10.3 Å². The average Bonchev–Trinajstić information content (AvgIpc) is 3.19. The van der Waals surface area contributed by atoms with Gasteiger partial charge in [0.2, 0.25) is 0 Å². The van der Waals surface area contributed by atoms with Crippen molar-refractivity contribution in [3.05, 3.63) is 83.2 Å². The van der Waals surface area contributed by atoms with E-state index in [1.165, 1.54) is 5.56 Å². The van der Waals surface area contributed by atoms with Crippen LogP contribution < -0.4 is 15.4 Å². The number of amides is 1. The zero-order valence-electron chi connectivity index (χ0n) is 19.9. The number of carbonyl (C=O) groups is 2. The van der Waals surface area contributed by atoms with Gasteiger partial charge in [0.25, 0.3) is 5.91 Å². The summed E-state index contributed by atoms with van der Waals surface area (Å²) in [5.74, 6) is 0.531. The number of hydrogen-bond acceptors (Lipinski definition) is 4. The van der Waals surface area contributed by atoms with Crippen LogP contribution in [-0.2, 0) is 12.0 Å². The molecule has 0 aliphatic heterocycles. The Morgan fingerprint density at radius 2 is 1.76 bits per heavy atom. The van der Waals surface area contributed by atoms with Crippen molar-refractivity contribution < 1.29 is 14.3 Å². The lowest BCUT2D eigenvalue weighted by atomic mass is 9.94. The van der Waals surface area contributed by atoms with Gasteiger partial charge in [-0.3, -0.25) is 9.59 Å². The lowest BCUT2D eigenvalue weighted by Gasteiger charge is -2.27. The second-order valence-corrected chi connectivity index (χ2v) is 9.28. The third kappa shape index (κ3) is 5.75. The molecule has 1 aliphatic rings. The number of anilines is 1. The van der Waals surface area contributed by atoms with Gasteiger partial charge in [0.1, 0.15) is 5.75 Å². The number of ketones is 1. The number of hydrogen-bond donors (Lipinski definition) is 3. The number of Topliss-reactive ketones (excluding diaryl/α,β-unsaturated/α-hetero) is 1. The molecule has 1 amide bonds. The van der Waals surface area contributed by atoms with E-state index in [4.69, 9.17) is 4.74 Å². The number of ether oxygens (including phenoxy) is 1. The van der Waals surface area contributed by atoms with Crippen LogP contribution in [0.5, 0.6) is 5.75 Å². The fourth-order valence-electron chi connectivity index (χ4n) is 4.33. The summed E-state index contributed by atoms with van der Waals surface area (Å²) in [5.41, 5.74) is 3.68. The van der Waals surface area contributed by atoms with E-state index >= 15 is 0 Å². The van der Waals surface area contributed by atoms with Gasteiger partial charge in [0.05, 0.1) is 17.7 Å². The minimum Gasteiger partial charge on any atom is -0.494 e. The molecule has 1 heterocycles. The molecule has 4 rings (SSSR count). The molecule has 178 valence electrons. The molecule has 0 bridgehead atoms. The zero-order chi connectivity index (χ0) is 24.0. The molecule has 6 nitrogen and oxygen atoms in total. The minimum absolute atomic E-state index is 0.0456. The minimum atomic E-state index is -0.270. The third-order valence-corrected chi connectivity index (χ3v) is 6.33.